The molecule has 2 fully saturated rings. The third-order valence-electron chi connectivity index (χ3n) is 4.90. The van der Waals surface area contributed by atoms with Crippen molar-refractivity contribution >= 4 is 17.5 Å². The lowest BCUT2D eigenvalue weighted by Crippen LogP contribution is -2.46. The second kappa shape index (κ2) is 7.62. The van der Waals surface area contributed by atoms with Crippen LogP contribution in [-0.2, 0) is 4.74 Å². The van der Waals surface area contributed by atoms with Gasteiger partial charge < -0.3 is 4.74 Å². The van der Waals surface area contributed by atoms with E-state index in [2.05, 4.69) is 11.0 Å². The van der Waals surface area contributed by atoms with Crippen LogP contribution in [0.5, 0.6) is 0 Å². The van der Waals surface area contributed by atoms with Crippen molar-refractivity contribution in [2.75, 3.05) is 32.6 Å². The van der Waals surface area contributed by atoms with Crippen LogP contribution in [0.3, 0.4) is 0 Å². The normalized spacial score (nSPS) is 24.3. The molecule has 1 aromatic carbocycles. The highest BCUT2D eigenvalue weighted by molar-refractivity contribution is 7.98. The van der Waals surface area contributed by atoms with E-state index in [1.807, 2.05) is 24.5 Å². The Morgan fingerprint density at radius 1 is 1.23 bits per heavy atom. The molecular formula is C18H25NO2S. The van der Waals surface area contributed by atoms with E-state index in [1.54, 1.807) is 11.8 Å². The Morgan fingerprint density at radius 2 is 2.00 bits per heavy atom. The van der Waals surface area contributed by atoms with Crippen LogP contribution in [0.2, 0.25) is 0 Å². The summed E-state index contributed by atoms with van der Waals surface area (Å²) in [6.45, 7) is 3.80. The van der Waals surface area contributed by atoms with Crippen LogP contribution in [0.4, 0.5) is 0 Å². The number of hydrogen-bond acceptors (Lipinski definition) is 4. The van der Waals surface area contributed by atoms with Gasteiger partial charge in [-0.2, -0.15) is 0 Å². The van der Waals surface area contributed by atoms with Gasteiger partial charge in [0.05, 0.1) is 0 Å². The standard InChI is InChI=1S/C18H25NO2S/c1-22-17-7-3-2-6-16(17)18(20)14-5-4-10-19(13-14)15-8-11-21-12-9-15/h2-3,6-7,14-15H,4-5,8-13H2,1H3/t14-/m1/s1. The van der Waals surface area contributed by atoms with Crippen LogP contribution in [0.1, 0.15) is 36.0 Å². The van der Waals surface area contributed by atoms with Gasteiger partial charge in [0.15, 0.2) is 5.78 Å². The van der Waals surface area contributed by atoms with Gasteiger partial charge in [-0.1, -0.05) is 18.2 Å². The fraction of sp³-hybridized carbons (Fsp3) is 0.611. The monoisotopic (exact) mass is 319 g/mol. The Kier molecular flexibility index (Phi) is 5.55. The summed E-state index contributed by atoms with van der Waals surface area (Å²) in [6, 6.07) is 8.64. The van der Waals surface area contributed by atoms with E-state index < -0.39 is 0 Å². The number of thioether (sulfide) groups is 1. The van der Waals surface area contributed by atoms with E-state index in [0.29, 0.717) is 11.8 Å². The summed E-state index contributed by atoms with van der Waals surface area (Å²) in [4.78, 5) is 16.6. The van der Waals surface area contributed by atoms with Crippen LogP contribution < -0.4 is 0 Å². The second-order valence-electron chi connectivity index (χ2n) is 6.24. The van der Waals surface area contributed by atoms with E-state index in [-0.39, 0.29) is 5.92 Å². The minimum atomic E-state index is 0.157. The number of ether oxygens (including phenoxy) is 1. The zero-order valence-electron chi connectivity index (χ0n) is 13.3. The second-order valence-corrected chi connectivity index (χ2v) is 7.09. The van der Waals surface area contributed by atoms with Gasteiger partial charge in [0.2, 0.25) is 0 Å². The molecule has 0 N–H and O–H groups in total. The maximum atomic E-state index is 12.9. The predicted octanol–water partition coefficient (Wildman–Crippen LogP) is 3.48. The summed E-state index contributed by atoms with van der Waals surface area (Å²) in [6.07, 6.45) is 6.43. The van der Waals surface area contributed by atoms with Crippen molar-refractivity contribution in [2.45, 2.75) is 36.6 Å². The summed E-state index contributed by atoms with van der Waals surface area (Å²) in [7, 11) is 0. The van der Waals surface area contributed by atoms with Crippen LogP contribution in [-0.4, -0.2) is 49.3 Å². The molecule has 0 aromatic heterocycles. The third kappa shape index (κ3) is 3.55. The Balaban J connectivity index is 1.69. The summed E-state index contributed by atoms with van der Waals surface area (Å²) < 4.78 is 5.47. The van der Waals surface area contributed by atoms with Crippen molar-refractivity contribution in [1.82, 2.24) is 4.90 Å². The molecule has 2 aliphatic heterocycles. The van der Waals surface area contributed by atoms with Crippen molar-refractivity contribution in [3.05, 3.63) is 29.8 Å². The molecule has 0 radical (unpaired) electrons. The van der Waals surface area contributed by atoms with Crippen molar-refractivity contribution in [3.63, 3.8) is 0 Å². The SMILES string of the molecule is CSc1ccccc1C(=O)[C@@H]1CCCN(C2CCOCC2)C1. The van der Waals surface area contributed by atoms with Gasteiger partial charge in [0, 0.05) is 42.2 Å². The minimum Gasteiger partial charge on any atom is -0.381 e. The molecule has 22 heavy (non-hydrogen) atoms. The number of hydrogen-bond donors (Lipinski definition) is 0. The highest BCUT2D eigenvalue weighted by Gasteiger charge is 2.31. The van der Waals surface area contributed by atoms with Crippen LogP contribution in [0.15, 0.2) is 29.2 Å². The Morgan fingerprint density at radius 3 is 2.77 bits per heavy atom. The molecule has 1 atom stereocenters. The van der Waals surface area contributed by atoms with E-state index in [0.717, 1.165) is 62.4 Å². The predicted molar refractivity (Wildman–Crippen MR) is 90.7 cm³/mol. The highest BCUT2D eigenvalue weighted by Crippen LogP contribution is 2.28. The number of nitrogens with zero attached hydrogens (tertiary/aromatic N) is 1. The molecule has 2 heterocycles. The molecule has 0 bridgehead atoms. The van der Waals surface area contributed by atoms with Gasteiger partial charge in [-0.15, -0.1) is 11.8 Å². The number of ketones is 1. The first-order valence-electron chi connectivity index (χ1n) is 8.28. The molecule has 120 valence electrons. The van der Waals surface area contributed by atoms with E-state index in [4.69, 9.17) is 4.74 Å². The van der Waals surface area contributed by atoms with Crippen molar-refractivity contribution in [1.29, 1.82) is 0 Å². The molecule has 0 aliphatic carbocycles. The Hall–Kier alpha value is -0.840. The van der Waals surface area contributed by atoms with Crippen molar-refractivity contribution in [2.24, 2.45) is 5.92 Å². The summed E-state index contributed by atoms with van der Waals surface area (Å²) in [5.74, 6) is 0.492. The summed E-state index contributed by atoms with van der Waals surface area (Å²) >= 11 is 1.67. The average Bonchev–Trinajstić information content (AvgIpc) is 2.62. The molecule has 2 aliphatic rings. The van der Waals surface area contributed by atoms with Gasteiger partial charge >= 0.3 is 0 Å². The number of Topliss-reactive ketones (excluding diaryl/α,β-unsaturated/α-hetero) is 1. The lowest BCUT2D eigenvalue weighted by atomic mass is 9.88. The smallest absolute Gasteiger partial charge is 0.168 e. The van der Waals surface area contributed by atoms with Gasteiger partial charge in [-0.05, 0) is 44.6 Å². The molecule has 2 saturated heterocycles. The molecule has 0 amide bonds. The van der Waals surface area contributed by atoms with Crippen LogP contribution >= 0.6 is 11.8 Å². The topological polar surface area (TPSA) is 29.5 Å². The van der Waals surface area contributed by atoms with Gasteiger partial charge in [0.25, 0.3) is 0 Å². The van der Waals surface area contributed by atoms with Gasteiger partial charge in [0.1, 0.15) is 0 Å². The zero-order chi connectivity index (χ0) is 15.4. The first-order chi connectivity index (χ1) is 10.8. The molecule has 4 heteroatoms. The quantitative estimate of drug-likeness (QED) is 0.628. The van der Waals surface area contributed by atoms with E-state index in [9.17, 15) is 4.79 Å². The zero-order valence-corrected chi connectivity index (χ0v) is 14.1. The van der Waals surface area contributed by atoms with Crippen molar-refractivity contribution < 1.29 is 9.53 Å². The maximum Gasteiger partial charge on any atom is 0.168 e. The molecular weight excluding hydrogens is 294 g/mol. The summed E-state index contributed by atoms with van der Waals surface area (Å²) in [5.41, 5.74) is 0.911. The van der Waals surface area contributed by atoms with Crippen LogP contribution in [0, 0.1) is 5.92 Å². The number of carbonyl (C=O) groups excluding carboxylic acids is 1. The molecule has 0 spiro atoms. The molecule has 0 unspecified atom stereocenters. The van der Waals surface area contributed by atoms with Crippen molar-refractivity contribution in [3.8, 4) is 0 Å². The summed E-state index contributed by atoms with van der Waals surface area (Å²) in [5, 5.41) is 0. The first kappa shape index (κ1) is 16.0. The first-order valence-corrected chi connectivity index (χ1v) is 9.51. The molecule has 1 aromatic rings. The lowest BCUT2D eigenvalue weighted by Gasteiger charge is -2.39. The number of rotatable bonds is 4. The molecule has 3 nitrogen and oxygen atoms in total. The molecule has 0 saturated carbocycles. The van der Waals surface area contributed by atoms with E-state index >= 15 is 0 Å². The average molecular weight is 319 g/mol. The highest BCUT2D eigenvalue weighted by atomic mass is 32.2. The number of likely N-dealkylation sites (tertiary alicyclic amines) is 1. The largest absolute Gasteiger partial charge is 0.381 e. The number of carbonyl (C=O) groups is 1. The molecule has 3 rings (SSSR count). The fourth-order valence-electron chi connectivity index (χ4n) is 3.67. The Labute approximate surface area is 137 Å². The van der Waals surface area contributed by atoms with Gasteiger partial charge in [-0.25, -0.2) is 0 Å². The maximum absolute atomic E-state index is 12.9. The fourth-order valence-corrected chi connectivity index (χ4v) is 4.27. The van der Waals surface area contributed by atoms with E-state index in [1.165, 1.54) is 0 Å². The van der Waals surface area contributed by atoms with Gasteiger partial charge in [-0.3, -0.25) is 9.69 Å². The van der Waals surface area contributed by atoms with Crippen LogP contribution in [0.25, 0.3) is 0 Å². The number of piperidine rings is 1. The Bertz CT molecular complexity index is 514. The third-order valence-corrected chi connectivity index (χ3v) is 5.70. The lowest BCUT2D eigenvalue weighted by molar-refractivity contribution is 0.0183. The number of benzene rings is 1. The minimum absolute atomic E-state index is 0.157.